The third-order valence-corrected chi connectivity index (χ3v) is 9.24. The predicted molar refractivity (Wildman–Crippen MR) is 101 cm³/mol. The van der Waals surface area contributed by atoms with Gasteiger partial charge in [0.15, 0.2) is 0 Å². The van der Waals surface area contributed by atoms with Crippen LogP contribution < -0.4 is 0 Å². The second kappa shape index (κ2) is 5.22. The molecule has 1 heterocycles. The fraction of sp³-hybridized carbons (Fsp3) is 0.773. The number of rotatable bonds is 0. The minimum absolute atomic E-state index is 0.281. The molecule has 0 amide bonds. The standard InChI is InChI=1S/C22H32N2O/c1-14-16-7-8-18-20-17(9-11-22(16,18)13-24(14)3)21(2)10-5-4-6-15(21)12-19(20)23-25/h4,6,12,14,16-18,20,25H,5,7-11,13H2,1-3H3. The Kier molecular flexibility index (Phi) is 3.36. The lowest BCUT2D eigenvalue weighted by Crippen LogP contribution is -2.53. The van der Waals surface area contributed by atoms with Crippen LogP contribution in [0.15, 0.2) is 29.0 Å². The maximum absolute atomic E-state index is 9.88. The average molecular weight is 341 g/mol. The average Bonchev–Trinajstić information content (AvgIpc) is 3.08. The highest BCUT2D eigenvalue weighted by molar-refractivity contribution is 5.99. The lowest BCUT2D eigenvalue weighted by Gasteiger charge is -2.56. The van der Waals surface area contributed by atoms with E-state index < -0.39 is 0 Å². The second-order valence-corrected chi connectivity index (χ2v) is 9.83. The predicted octanol–water partition coefficient (Wildman–Crippen LogP) is 4.49. The van der Waals surface area contributed by atoms with Crippen LogP contribution in [0.25, 0.3) is 0 Å². The number of hydrogen-bond donors (Lipinski definition) is 1. The van der Waals surface area contributed by atoms with Gasteiger partial charge in [-0.15, -0.1) is 0 Å². The van der Waals surface area contributed by atoms with E-state index in [0.29, 0.717) is 29.2 Å². The molecule has 4 aliphatic carbocycles. The summed E-state index contributed by atoms with van der Waals surface area (Å²) < 4.78 is 0. The summed E-state index contributed by atoms with van der Waals surface area (Å²) >= 11 is 0. The molecule has 0 radical (unpaired) electrons. The van der Waals surface area contributed by atoms with Gasteiger partial charge in [0.05, 0.1) is 5.71 Å². The smallest absolute Gasteiger partial charge is 0.0835 e. The molecule has 7 unspecified atom stereocenters. The summed E-state index contributed by atoms with van der Waals surface area (Å²) in [5.74, 6) is 2.66. The van der Waals surface area contributed by atoms with Gasteiger partial charge in [-0.1, -0.05) is 24.2 Å². The molecule has 3 nitrogen and oxygen atoms in total. The summed E-state index contributed by atoms with van der Waals surface area (Å²) in [6, 6.07) is 0.707. The normalized spacial score (nSPS) is 53.2. The summed E-state index contributed by atoms with van der Waals surface area (Å²) in [6.45, 7) is 6.17. The molecule has 1 saturated heterocycles. The van der Waals surface area contributed by atoms with Crippen molar-refractivity contribution in [1.29, 1.82) is 0 Å². The van der Waals surface area contributed by atoms with Crippen molar-refractivity contribution in [2.24, 2.45) is 39.7 Å². The SMILES string of the molecule is CC1C2CCC3C4C(=NO)C=C5C=CCCC5(C)C4CCC32CN1C. The minimum atomic E-state index is 0.281. The van der Waals surface area contributed by atoms with Gasteiger partial charge in [0.25, 0.3) is 0 Å². The van der Waals surface area contributed by atoms with Gasteiger partial charge in [-0.25, -0.2) is 0 Å². The van der Waals surface area contributed by atoms with E-state index >= 15 is 0 Å². The van der Waals surface area contributed by atoms with Gasteiger partial charge in [-0.05, 0) is 92.7 Å². The summed E-state index contributed by atoms with van der Waals surface area (Å²) in [5, 5.41) is 13.7. The van der Waals surface area contributed by atoms with E-state index in [1.807, 2.05) is 0 Å². The zero-order chi connectivity index (χ0) is 17.4. The quantitative estimate of drug-likeness (QED) is 0.521. The van der Waals surface area contributed by atoms with Gasteiger partial charge in [0, 0.05) is 18.5 Å². The van der Waals surface area contributed by atoms with E-state index in [9.17, 15) is 5.21 Å². The molecular formula is C22H32N2O. The zero-order valence-corrected chi connectivity index (χ0v) is 15.9. The fourth-order valence-electron chi connectivity index (χ4n) is 7.97. The highest BCUT2D eigenvalue weighted by Gasteiger charge is 2.64. The van der Waals surface area contributed by atoms with E-state index in [0.717, 1.165) is 11.6 Å². The van der Waals surface area contributed by atoms with Crippen LogP contribution >= 0.6 is 0 Å². The van der Waals surface area contributed by atoms with Gasteiger partial charge < -0.3 is 10.1 Å². The molecule has 0 bridgehead atoms. The first kappa shape index (κ1) is 16.1. The van der Waals surface area contributed by atoms with Crippen molar-refractivity contribution in [1.82, 2.24) is 4.90 Å². The first-order chi connectivity index (χ1) is 12.0. The summed E-state index contributed by atoms with van der Waals surface area (Å²) in [7, 11) is 2.31. The molecule has 2 saturated carbocycles. The van der Waals surface area contributed by atoms with Crippen LogP contribution in [0.3, 0.4) is 0 Å². The molecule has 1 aliphatic heterocycles. The number of hydrogen-bond acceptors (Lipinski definition) is 3. The summed E-state index contributed by atoms with van der Waals surface area (Å²) in [4.78, 5) is 2.60. The largest absolute Gasteiger partial charge is 0.411 e. The van der Waals surface area contributed by atoms with Crippen LogP contribution in [-0.2, 0) is 0 Å². The van der Waals surface area contributed by atoms with Crippen LogP contribution in [0.1, 0.15) is 52.4 Å². The minimum Gasteiger partial charge on any atom is -0.411 e. The monoisotopic (exact) mass is 340 g/mol. The number of likely N-dealkylation sites (tertiary alicyclic amines) is 1. The van der Waals surface area contributed by atoms with Crippen molar-refractivity contribution in [3.8, 4) is 0 Å². The van der Waals surface area contributed by atoms with Crippen LogP contribution in [0.4, 0.5) is 0 Å². The van der Waals surface area contributed by atoms with Crippen molar-refractivity contribution in [3.63, 3.8) is 0 Å². The Morgan fingerprint density at radius 2 is 1.96 bits per heavy atom. The molecule has 0 aromatic rings. The molecule has 5 rings (SSSR count). The molecule has 0 aromatic heterocycles. The first-order valence-corrected chi connectivity index (χ1v) is 10.3. The molecule has 5 aliphatic rings. The van der Waals surface area contributed by atoms with E-state index in [2.05, 4.69) is 49.2 Å². The molecule has 3 fully saturated rings. The molecule has 7 atom stereocenters. The Morgan fingerprint density at radius 1 is 1.16 bits per heavy atom. The number of allylic oxidation sites excluding steroid dienone is 4. The van der Waals surface area contributed by atoms with Gasteiger partial charge in [-0.3, -0.25) is 0 Å². The molecule has 1 spiro atoms. The number of nitrogens with zero attached hydrogens (tertiary/aromatic N) is 2. The number of fused-ring (bicyclic) bond motifs is 4. The third-order valence-electron chi connectivity index (χ3n) is 9.24. The highest BCUT2D eigenvalue weighted by atomic mass is 16.4. The topological polar surface area (TPSA) is 35.8 Å². The van der Waals surface area contributed by atoms with Crippen LogP contribution in [0.2, 0.25) is 0 Å². The van der Waals surface area contributed by atoms with Crippen molar-refractivity contribution in [2.75, 3.05) is 13.6 Å². The lowest BCUT2D eigenvalue weighted by molar-refractivity contribution is -0.00162. The van der Waals surface area contributed by atoms with Gasteiger partial charge in [-0.2, -0.15) is 0 Å². The molecule has 3 heteroatoms. The van der Waals surface area contributed by atoms with Crippen LogP contribution in [0, 0.1) is 34.5 Å². The Balaban J connectivity index is 1.60. The van der Waals surface area contributed by atoms with Gasteiger partial charge >= 0.3 is 0 Å². The lowest BCUT2D eigenvalue weighted by atomic mass is 9.47. The van der Waals surface area contributed by atoms with Crippen LogP contribution in [-0.4, -0.2) is 35.5 Å². The molecule has 136 valence electrons. The second-order valence-electron chi connectivity index (χ2n) is 9.83. The molecule has 25 heavy (non-hydrogen) atoms. The van der Waals surface area contributed by atoms with Crippen molar-refractivity contribution < 1.29 is 5.21 Å². The third kappa shape index (κ3) is 1.88. The molecule has 1 N–H and O–H groups in total. The highest BCUT2D eigenvalue weighted by Crippen LogP contribution is 2.67. The Hall–Kier alpha value is -1.09. The Labute approximate surface area is 151 Å². The molecule has 0 aromatic carbocycles. The van der Waals surface area contributed by atoms with E-state index in [1.165, 1.54) is 50.6 Å². The zero-order valence-electron chi connectivity index (χ0n) is 15.9. The Bertz CT molecular complexity index is 680. The first-order valence-electron chi connectivity index (χ1n) is 10.3. The fourth-order valence-corrected chi connectivity index (χ4v) is 7.97. The Morgan fingerprint density at radius 3 is 2.76 bits per heavy atom. The molecular weight excluding hydrogens is 308 g/mol. The van der Waals surface area contributed by atoms with Gasteiger partial charge in [0.2, 0.25) is 0 Å². The van der Waals surface area contributed by atoms with Crippen molar-refractivity contribution in [3.05, 3.63) is 23.8 Å². The van der Waals surface area contributed by atoms with Crippen molar-refractivity contribution >= 4 is 5.71 Å². The number of oxime groups is 1. The van der Waals surface area contributed by atoms with Crippen molar-refractivity contribution in [2.45, 2.75) is 58.4 Å². The summed E-state index contributed by atoms with van der Waals surface area (Å²) in [6.07, 6.45) is 14.7. The van der Waals surface area contributed by atoms with E-state index in [-0.39, 0.29) is 5.41 Å². The maximum Gasteiger partial charge on any atom is 0.0835 e. The maximum atomic E-state index is 9.88. The van der Waals surface area contributed by atoms with E-state index in [1.54, 1.807) is 0 Å². The van der Waals surface area contributed by atoms with Crippen LogP contribution in [0.5, 0.6) is 0 Å². The summed E-state index contributed by atoms with van der Waals surface area (Å²) in [5.41, 5.74) is 3.15. The van der Waals surface area contributed by atoms with E-state index in [4.69, 9.17) is 0 Å². The van der Waals surface area contributed by atoms with Gasteiger partial charge in [0.1, 0.15) is 0 Å².